The number of rotatable bonds is 4. The van der Waals surface area contributed by atoms with Crippen LogP contribution in [0, 0.1) is 6.92 Å². The minimum Gasteiger partial charge on any atom is -0.467 e. The molecule has 0 fully saturated rings. The van der Waals surface area contributed by atoms with Crippen molar-refractivity contribution < 1.29 is 27.2 Å². The number of nitrogens with zero attached hydrogens (tertiary/aromatic N) is 2. The highest BCUT2D eigenvalue weighted by Crippen LogP contribution is 2.43. The van der Waals surface area contributed by atoms with Crippen molar-refractivity contribution in [3.05, 3.63) is 59.7 Å². The highest BCUT2D eigenvalue weighted by molar-refractivity contribution is 6.04. The topological polar surface area (TPSA) is 101 Å². The number of hydrogen-bond acceptors (Lipinski definition) is 5. The molecule has 3 N–H and O–H groups in total. The van der Waals surface area contributed by atoms with Gasteiger partial charge in [0.15, 0.2) is 11.7 Å². The van der Waals surface area contributed by atoms with E-state index in [1.54, 1.807) is 37.3 Å². The van der Waals surface area contributed by atoms with E-state index in [1.165, 1.54) is 19.3 Å². The number of furan rings is 1. The van der Waals surface area contributed by atoms with Gasteiger partial charge in [-0.3, -0.25) is 9.59 Å². The van der Waals surface area contributed by atoms with Crippen LogP contribution in [0.15, 0.2) is 47.1 Å². The molecular weight excluding hydrogens is 427 g/mol. The largest absolute Gasteiger partial charge is 0.467 e. The monoisotopic (exact) mass is 447 g/mol. The summed E-state index contributed by atoms with van der Waals surface area (Å²) in [4.78, 5) is 24.1. The smallest absolute Gasteiger partial charge is 0.410 e. The maximum Gasteiger partial charge on any atom is 0.410 e. The minimum atomic E-state index is -4.56. The van der Waals surface area contributed by atoms with E-state index >= 15 is 0 Å². The van der Waals surface area contributed by atoms with Crippen LogP contribution in [0.3, 0.4) is 0 Å². The maximum atomic E-state index is 13.7. The number of nitrogens with one attached hydrogen (secondary N) is 3. The third kappa shape index (κ3) is 4.32. The van der Waals surface area contributed by atoms with Gasteiger partial charge in [0.05, 0.1) is 12.3 Å². The number of alkyl halides is 3. The molecule has 2 atom stereocenters. The maximum absolute atomic E-state index is 13.7. The molecule has 2 aromatic heterocycles. The Balaban J connectivity index is 1.60. The molecule has 11 heteroatoms. The molecule has 32 heavy (non-hydrogen) atoms. The van der Waals surface area contributed by atoms with Crippen molar-refractivity contribution in [1.29, 1.82) is 0 Å². The molecule has 168 valence electrons. The Morgan fingerprint density at radius 3 is 2.66 bits per heavy atom. The van der Waals surface area contributed by atoms with E-state index in [0.29, 0.717) is 17.1 Å². The fraction of sp³-hybridized carbons (Fsp3) is 0.286. The predicted octanol–water partition coefficient (Wildman–Crippen LogP) is 4.66. The summed E-state index contributed by atoms with van der Waals surface area (Å²) in [7, 11) is 0. The molecular formula is C21H20F3N5O3. The third-order valence-corrected chi connectivity index (χ3v) is 5.12. The van der Waals surface area contributed by atoms with Gasteiger partial charge in [-0.1, -0.05) is 6.07 Å². The second-order valence-electron chi connectivity index (χ2n) is 7.53. The molecule has 1 aliphatic heterocycles. The highest BCUT2D eigenvalue weighted by Gasteiger charge is 2.47. The zero-order valence-electron chi connectivity index (χ0n) is 17.2. The molecule has 2 amide bonds. The molecule has 0 saturated heterocycles. The molecule has 0 radical (unpaired) electrons. The summed E-state index contributed by atoms with van der Waals surface area (Å²) < 4.78 is 47.2. The van der Waals surface area contributed by atoms with Gasteiger partial charge in [0.2, 0.25) is 5.91 Å². The number of anilines is 3. The van der Waals surface area contributed by atoms with Gasteiger partial charge in [0, 0.05) is 30.8 Å². The zero-order chi connectivity index (χ0) is 23.0. The zero-order valence-corrected chi connectivity index (χ0v) is 17.2. The predicted molar refractivity (Wildman–Crippen MR) is 110 cm³/mol. The SMILES string of the molecule is CC(=O)Nc1cc(NC(=O)c2cc3n(n2)[C@H](C(F)(F)F)C[C@@H](c2ccco2)N3)ccc1C. The van der Waals surface area contributed by atoms with Gasteiger partial charge >= 0.3 is 6.18 Å². The van der Waals surface area contributed by atoms with E-state index in [4.69, 9.17) is 4.42 Å². The van der Waals surface area contributed by atoms with E-state index in [0.717, 1.165) is 10.2 Å². The van der Waals surface area contributed by atoms with Crippen molar-refractivity contribution in [3.63, 3.8) is 0 Å². The van der Waals surface area contributed by atoms with Crippen LogP contribution in [0.4, 0.5) is 30.4 Å². The summed E-state index contributed by atoms with van der Waals surface area (Å²) in [6.07, 6.45) is -3.50. The number of hydrogen-bond donors (Lipinski definition) is 3. The number of halogens is 3. The number of fused-ring (bicyclic) bond motifs is 1. The van der Waals surface area contributed by atoms with Crippen molar-refractivity contribution in [1.82, 2.24) is 9.78 Å². The summed E-state index contributed by atoms with van der Waals surface area (Å²) >= 11 is 0. The van der Waals surface area contributed by atoms with Gasteiger partial charge in [-0.25, -0.2) is 4.68 Å². The molecule has 8 nitrogen and oxygen atoms in total. The Hall–Kier alpha value is -3.76. The first kappa shape index (κ1) is 21.5. The van der Waals surface area contributed by atoms with Crippen LogP contribution in [0.1, 0.15) is 47.2 Å². The number of carbonyl (C=O) groups is 2. The number of carbonyl (C=O) groups excluding carboxylic acids is 2. The van der Waals surface area contributed by atoms with Gasteiger partial charge in [-0.15, -0.1) is 0 Å². The quantitative estimate of drug-likeness (QED) is 0.540. The molecule has 3 heterocycles. The molecule has 0 saturated carbocycles. The summed E-state index contributed by atoms with van der Waals surface area (Å²) in [6, 6.07) is 6.72. The molecule has 0 spiro atoms. The van der Waals surface area contributed by atoms with Crippen LogP contribution < -0.4 is 16.0 Å². The minimum absolute atomic E-state index is 0.0629. The number of benzene rings is 1. The Bertz CT molecular complexity index is 1150. The Morgan fingerprint density at radius 1 is 1.22 bits per heavy atom. The summed E-state index contributed by atoms with van der Waals surface area (Å²) in [6.45, 7) is 3.15. The number of aromatic nitrogens is 2. The first-order valence-corrected chi connectivity index (χ1v) is 9.77. The van der Waals surface area contributed by atoms with Crippen molar-refractivity contribution in [3.8, 4) is 0 Å². The van der Waals surface area contributed by atoms with Crippen molar-refractivity contribution >= 4 is 29.0 Å². The second-order valence-corrected chi connectivity index (χ2v) is 7.53. The second kappa shape index (κ2) is 8.06. The average molecular weight is 447 g/mol. The average Bonchev–Trinajstić information content (AvgIpc) is 3.38. The molecule has 0 aliphatic carbocycles. The Morgan fingerprint density at radius 2 is 2.00 bits per heavy atom. The van der Waals surface area contributed by atoms with Gasteiger partial charge in [-0.05, 0) is 36.8 Å². The van der Waals surface area contributed by atoms with Gasteiger partial charge in [0.25, 0.3) is 5.91 Å². The fourth-order valence-electron chi connectivity index (χ4n) is 3.58. The molecule has 0 bridgehead atoms. The van der Waals surface area contributed by atoms with Gasteiger partial charge < -0.3 is 20.4 Å². The molecule has 3 aromatic rings. The van der Waals surface area contributed by atoms with Gasteiger partial charge in [-0.2, -0.15) is 18.3 Å². The van der Waals surface area contributed by atoms with Crippen LogP contribution in [0.2, 0.25) is 0 Å². The molecule has 1 aromatic carbocycles. The number of amides is 2. The summed E-state index contributed by atoms with van der Waals surface area (Å²) in [5.74, 6) is -0.522. The summed E-state index contributed by atoms with van der Waals surface area (Å²) in [5.41, 5.74) is 1.49. The van der Waals surface area contributed by atoms with Crippen molar-refractivity contribution in [2.45, 2.75) is 38.5 Å². The summed E-state index contributed by atoms with van der Waals surface area (Å²) in [5, 5.41) is 12.1. The normalized spacial score (nSPS) is 17.9. The van der Waals surface area contributed by atoms with E-state index in [2.05, 4.69) is 21.0 Å². The molecule has 4 rings (SSSR count). The van der Waals surface area contributed by atoms with Crippen LogP contribution in [0.5, 0.6) is 0 Å². The lowest BCUT2D eigenvalue weighted by molar-refractivity contribution is -0.174. The Kier molecular flexibility index (Phi) is 5.41. The van der Waals surface area contributed by atoms with Crippen LogP contribution in [-0.2, 0) is 4.79 Å². The van der Waals surface area contributed by atoms with Crippen molar-refractivity contribution in [2.75, 3.05) is 16.0 Å². The lowest BCUT2D eigenvalue weighted by Crippen LogP contribution is -2.35. The van der Waals surface area contributed by atoms with Crippen molar-refractivity contribution in [2.24, 2.45) is 0 Å². The Labute approximate surface area is 180 Å². The fourth-order valence-corrected chi connectivity index (χ4v) is 3.58. The van der Waals surface area contributed by atoms with Crippen LogP contribution in [-0.4, -0.2) is 27.8 Å². The lowest BCUT2D eigenvalue weighted by atomic mass is 10.0. The standard InChI is InChI=1S/C21H20F3N5O3/c1-11-5-6-13(8-14(11)25-12(2)30)26-20(31)16-10-19-27-15(17-4-3-7-32-17)9-18(21(22,23)24)29(19)28-16/h3-8,10,15,18,27H,9H2,1-2H3,(H,25,30)(H,26,31)/t15-,18-/m0/s1. The van der Waals surface area contributed by atoms with E-state index in [-0.39, 0.29) is 23.8 Å². The molecule has 0 unspecified atom stereocenters. The van der Waals surface area contributed by atoms with E-state index in [1.807, 2.05) is 0 Å². The van der Waals surface area contributed by atoms with Crippen LogP contribution >= 0.6 is 0 Å². The van der Waals surface area contributed by atoms with Crippen LogP contribution in [0.25, 0.3) is 0 Å². The molecule has 1 aliphatic rings. The first-order valence-electron chi connectivity index (χ1n) is 9.77. The third-order valence-electron chi connectivity index (χ3n) is 5.12. The lowest BCUT2D eigenvalue weighted by Gasteiger charge is -2.32. The first-order chi connectivity index (χ1) is 15.1. The van der Waals surface area contributed by atoms with E-state index in [9.17, 15) is 22.8 Å². The number of aryl methyl sites for hydroxylation is 1. The highest BCUT2D eigenvalue weighted by atomic mass is 19.4. The van der Waals surface area contributed by atoms with Gasteiger partial charge in [0.1, 0.15) is 11.6 Å². The van der Waals surface area contributed by atoms with E-state index < -0.39 is 24.2 Å².